The van der Waals surface area contributed by atoms with Gasteiger partial charge in [-0.25, -0.2) is 9.97 Å². The molecule has 0 spiro atoms. The van der Waals surface area contributed by atoms with E-state index in [1.54, 1.807) is 0 Å². The van der Waals surface area contributed by atoms with Gasteiger partial charge in [0.2, 0.25) is 0 Å². The van der Waals surface area contributed by atoms with E-state index in [0.717, 1.165) is 5.56 Å². The lowest BCUT2D eigenvalue weighted by molar-refractivity contribution is 0.805. The van der Waals surface area contributed by atoms with Crippen molar-refractivity contribution in [3.05, 3.63) is 60.2 Å². The predicted molar refractivity (Wildman–Crippen MR) is 59.4 cm³/mol. The molecule has 15 heavy (non-hydrogen) atoms. The Hall–Kier alpha value is -1.74. The average molecular weight is 199 g/mol. The summed E-state index contributed by atoms with van der Waals surface area (Å²) in [5, 5.41) is 0. The molecule has 0 bridgehead atoms. The molecule has 1 aromatic heterocycles. The van der Waals surface area contributed by atoms with Gasteiger partial charge in [-0.2, -0.15) is 0 Å². The molecule has 1 unspecified atom stereocenters. The zero-order valence-corrected chi connectivity index (χ0v) is 8.38. The van der Waals surface area contributed by atoms with Crippen LogP contribution in [-0.4, -0.2) is 16.5 Å². The molecule has 0 aliphatic rings. The number of aromatic nitrogens is 2. The Morgan fingerprint density at radius 3 is 2.27 bits per heavy atom. The van der Waals surface area contributed by atoms with Crippen molar-refractivity contribution in [1.29, 1.82) is 0 Å². The highest BCUT2D eigenvalue weighted by atomic mass is 14.8. The van der Waals surface area contributed by atoms with Crippen molar-refractivity contribution in [2.24, 2.45) is 5.73 Å². The summed E-state index contributed by atoms with van der Waals surface area (Å²) in [7, 11) is 0. The van der Waals surface area contributed by atoms with Crippen molar-refractivity contribution in [2.45, 2.75) is 5.92 Å². The van der Waals surface area contributed by atoms with Gasteiger partial charge in [-0.05, 0) is 11.1 Å². The zero-order chi connectivity index (χ0) is 10.5. The Morgan fingerprint density at radius 2 is 1.67 bits per heavy atom. The van der Waals surface area contributed by atoms with Crippen LogP contribution in [0.3, 0.4) is 0 Å². The maximum absolute atomic E-state index is 5.78. The van der Waals surface area contributed by atoms with Crippen molar-refractivity contribution in [3.8, 4) is 0 Å². The van der Waals surface area contributed by atoms with E-state index in [0.29, 0.717) is 6.54 Å². The van der Waals surface area contributed by atoms with Gasteiger partial charge in [0, 0.05) is 24.9 Å². The average Bonchev–Trinajstić information content (AvgIpc) is 2.33. The van der Waals surface area contributed by atoms with Crippen LogP contribution in [0.1, 0.15) is 17.0 Å². The molecule has 3 heteroatoms. The third kappa shape index (κ3) is 2.19. The van der Waals surface area contributed by atoms with Crippen LogP contribution in [0, 0.1) is 0 Å². The van der Waals surface area contributed by atoms with Crippen LogP contribution in [0.5, 0.6) is 0 Å². The number of rotatable bonds is 3. The first-order chi connectivity index (χ1) is 7.42. The summed E-state index contributed by atoms with van der Waals surface area (Å²) in [6, 6.07) is 10.2. The fourth-order valence-corrected chi connectivity index (χ4v) is 1.64. The van der Waals surface area contributed by atoms with Crippen molar-refractivity contribution in [1.82, 2.24) is 9.97 Å². The van der Waals surface area contributed by atoms with Gasteiger partial charge in [0.15, 0.2) is 0 Å². The van der Waals surface area contributed by atoms with Crippen LogP contribution < -0.4 is 5.73 Å². The summed E-state index contributed by atoms with van der Waals surface area (Å²) in [4.78, 5) is 8.02. The first kappa shape index (κ1) is 9.80. The highest BCUT2D eigenvalue weighted by Gasteiger charge is 2.11. The zero-order valence-electron chi connectivity index (χ0n) is 8.38. The standard InChI is InChI=1S/C12H13N3/c13-6-12(10-4-2-1-3-5-10)11-7-14-9-15-8-11/h1-5,7-9,12H,6,13H2. The molecule has 2 aromatic rings. The second-order valence-electron chi connectivity index (χ2n) is 3.37. The molecule has 0 saturated heterocycles. The molecule has 2 N–H and O–H groups in total. The van der Waals surface area contributed by atoms with Gasteiger partial charge < -0.3 is 5.73 Å². The molecular weight excluding hydrogens is 186 g/mol. The van der Waals surface area contributed by atoms with Crippen molar-refractivity contribution < 1.29 is 0 Å². The van der Waals surface area contributed by atoms with Crippen LogP contribution in [0.2, 0.25) is 0 Å². The fourth-order valence-electron chi connectivity index (χ4n) is 1.64. The van der Waals surface area contributed by atoms with Gasteiger partial charge >= 0.3 is 0 Å². The lowest BCUT2D eigenvalue weighted by atomic mass is 9.94. The molecule has 0 saturated carbocycles. The van der Waals surface area contributed by atoms with E-state index in [2.05, 4.69) is 22.1 Å². The Morgan fingerprint density at radius 1 is 1.00 bits per heavy atom. The van der Waals surface area contributed by atoms with Crippen LogP contribution in [0.25, 0.3) is 0 Å². The monoisotopic (exact) mass is 199 g/mol. The van der Waals surface area contributed by atoms with Gasteiger partial charge in [0.1, 0.15) is 6.33 Å². The molecular formula is C12H13N3. The molecule has 1 heterocycles. The summed E-state index contributed by atoms with van der Waals surface area (Å²) in [6.07, 6.45) is 5.16. The second kappa shape index (κ2) is 4.66. The number of benzene rings is 1. The van der Waals surface area contributed by atoms with E-state index in [9.17, 15) is 0 Å². The smallest absolute Gasteiger partial charge is 0.115 e. The Labute approximate surface area is 89.0 Å². The van der Waals surface area contributed by atoms with E-state index in [1.807, 2.05) is 30.6 Å². The topological polar surface area (TPSA) is 51.8 Å². The molecule has 0 fully saturated rings. The van der Waals surface area contributed by atoms with E-state index >= 15 is 0 Å². The molecule has 3 nitrogen and oxygen atoms in total. The predicted octanol–water partition coefficient (Wildman–Crippen LogP) is 1.57. The quantitative estimate of drug-likeness (QED) is 0.816. The lowest BCUT2D eigenvalue weighted by Gasteiger charge is -2.14. The number of hydrogen-bond donors (Lipinski definition) is 1. The molecule has 1 atom stereocenters. The summed E-state index contributed by atoms with van der Waals surface area (Å²) < 4.78 is 0. The van der Waals surface area contributed by atoms with Crippen LogP contribution in [0.4, 0.5) is 0 Å². The van der Waals surface area contributed by atoms with E-state index in [4.69, 9.17) is 5.73 Å². The maximum atomic E-state index is 5.78. The first-order valence-electron chi connectivity index (χ1n) is 4.91. The Balaban J connectivity index is 2.34. The van der Waals surface area contributed by atoms with Crippen molar-refractivity contribution in [2.75, 3.05) is 6.54 Å². The minimum atomic E-state index is 0.187. The minimum absolute atomic E-state index is 0.187. The number of hydrogen-bond acceptors (Lipinski definition) is 3. The molecule has 76 valence electrons. The van der Waals surface area contributed by atoms with Crippen molar-refractivity contribution >= 4 is 0 Å². The molecule has 0 amide bonds. The molecule has 0 radical (unpaired) electrons. The van der Waals surface area contributed by atoms with Crippen molar-refractivity contribution in [3.63, 3.8) is 0 Å². The van der Waals surface area contributed by atoms with Gasteiger partial charge in [0.05, 0.1) is 0 Å². The van der Waals surface area contributed by atoms with E-state index < -0.39 is 0 Å². The third-order valence-electron chi connectivity index (χ3n) is 2.42. The van der Waals surface area contributed by atoms with Gasteiger partial charge in [-0.15, -0.1) is 0 Å². The first-order valence-corrected chi connectivity index (χ1v) is 4.91. The highest BCUT2D eigenvalue weighted by Crippen LogP contribution is 2.21. The number of nitrogens with two attached hydrogens (primary N) is 1. The summed E-state index contributed by atoms with van der Waals surface area (Å²) in [5.41, 5.74) is 8.05. The molecule has 0 aliphatic carbocycles. The van der Waals surface area contributed by atoms with Crippen LogP contribution >= 0.6 is 0 Å². The summed E-state index contributed by atoms with van der Waals surface area (Å²) in [6.45, 7) is 0.567. The Bertz CT molecular complexity index is 360. The molecule has 2 rings (SSSR count). The number of nitrogens with zero attached hydrogens (tertiary/aromatic N) is 2. The third-order valence-corrected chi connectivity index (χ3v) is 2.42. The van der Waals surface area contributed by atoms with Crippen LogP contribution in [-0.2, 0) is 0 Å². The summed E-state index contributed by atoms with van der Waals surface area (Å²) >= 11 is 0. The highest BCUT2D eigenvalue weighted by molar-refractivity contribution is 5.29. The fraction of sp³-hybridized carbons (Fsp3) is 0.167. The Kier molecular flexibility index (Phi) is 3.05. The van der Waals surface area contributed by atoms with E-state index in [-0.39, 0.29) is 5.92 Å². The van der Waals surface area contributed by atoms with Gasteiger partial charge in [0.25, 0.3) is 0 Å². The molecule has 0 aliphatic heterocycles. The minimum Gasteiger partial charge on any atom is -0.330 e. The molecule has 1 aromatic carbocycles. The van der Waals surface area contributed by atoms with Gasteiger partial charge in [-0.3, -0.25) is 0 Å². The van der Waals surface area contributed by atoms with Crippen LogP contribution in [0.15, 0.2) is 49.1 Å². The largest absolute Gasteiger partial charge is 0.330 e. The lowest BCUT2D eigenvalue weighted by Crippen LogP contribution is -2.14. The second-order valence-corrected chi connectivity index (χ2v) is 3.37. The normalized spacial score (nSPS) is 12.3. The summed E-state index contributed by atoms with van der Waals surface area (Å²) in [5.74, 6) is 0.187. The van der Waals surface area contributed by atoms with E-state index in [1.165, 1.54) is 11.9 Å². The maximum Gasteiger partial charge on any atom is 0.115 e. The van der Waals surface area contributed by atoms with Gasteiger partial charge in [-0.1, -0.05) is 30.3 Å². The SMILES string of the molecule is NCC(c1ccccc1)c1cncnc1.